The van der Waals surface area contributed by atoms with E-state index in [0.717, 1.165) is 5.56 Å². The quantitative estimate of drug-likeness (QED) is 0.189. The number of aryl methyl sites for hydroxylation is 2. The van der Waals surface area contributed by atoms with Gasteiger partial charge in [-0.1, -0.05) is 133 Å². The van der Waals surface area contributed by atoms with Crippen molar-refractivity contribution in [2.24, 2.45) is 11.8 Å². The molecule has 3 aromatic rings. The van der Waals surface area contributed by atoms with Crippen LogP contribution >= 0.6 is 0 Å². The third kappa shape index (κ3) is 8.55. The fourth-order valence-electron chi connectivity index (χ4n) is 7.82. The molecule has 0 aromatic heterocycles. The van der Waals surface area contributed by atoms with Gasteiger partial charge in [0.1, 0.15) is 0 Å². The summed E-state index contributed by atoms with van der Waals surface area (Å²) in [4.78, 5) is 10.8. The van der Waals surface area contributed by atoms with Crippen LogP contribution in [0, 0.1) is 40.0 Å². The molecule has 4 atom stereocenters. The van der Waals surface area contributed by atoms with Crippen molar-refractivity contribution in [1.82, 2.24) is 4.90 Å². The molecular formula is C41H56N3SiY. The van der Waals surface area contributed by atoms with E-state index in [9.17, 15) is 0 Å². The molecule has 3 nitrogen and oxygen atoms in total. The molecule has 0 radical (unpaired) electrons. The zero-order chi connectivity index (χ0) is 31.5. The Morgan fingerprint density at radius 3 is 1.74 bits per heavy atom. The van der Waals surface area contributed by atoms with Crippen molar-refractivity contribution in [2.75, 3.05) is 32.1 Å². The molecule has 3 aromatic carbocycles. The number of para-hydroxylation sites is 1. The molecular weight excluding hydrogens is 651 g/mol. The van der Waals surface area contributed by atoms with Crippen molar-refractivity contribution in [3.8, 4) is 0 Å². The van der Waals surface area contributed by atoms with E-state index < -0.39 is 8.24 Å². The maximum Gasteiger partial charge on any atom is 3.00 e. The van der Waals surface area contributed by atoms with Crippen LogP contribution in [-0.4, -0.2) is 51.9 Å². The predicted molar refractivity (Wildman–Crippen MR) is 200 cm³/mol. The summed E-state index contributed by atoms with van der Waals surface area (Å²) in [6.45, 7) is 17.7. The standard InChI is InChI=1S/C31H41N2Si.C9H12N.CH3.Y/c1-23-12-16-25(17-13-23)34(32-31(3,4)5,26-18-14-24(2)15-19-26)30-22-29(33-20-8-9-21-33)27-10-6-7-11-28(27)30;1-8-6-4-5-7-9(8)10(2)3;;/h6-7,10-19,27-30H,8-9,20-22H2,1-5H3;4-7H,1H2,2-3H3;1H3;/q3*-1;+3. The summed E-state index contributed by atoms with van der Waals surface area (Å²) in [5, 5.41) is 2.95. The van der Waals surface area contributed by atoms with Crippen LogP contribution in [0.5, 0.6) is 0 Å². The maximum absolute atomic E-state index is 5.94. The largest absolute Gasteiger partial charge is 3.00 e. The smallest absolute Gasteiger partial charge is 0.652 e. The number of hydrogen-bond acceptors (Lipinski definition) is 2. The first kappa shape index (κ1) is 38.5. The number of likely N-dealkylation sites (tertiary alicyclic amines) is 1. The molecule has 6 rings (SSSR count). The van der Waals surface area contributed by atoms with Gasteiger partial charge < -0.3 is 17.3 Å². The molecule has 242 valence electrons. The Balaban J connectivity index is 0.000000413. The molecule has 1 aliphatic heterocycles. The number of allylic oxidation sites excluding steroid dienone is 3. The van der Waals surface area contributed by atoms with Crippen LogP contribution in [0.3, 0.4) is 0 Å². The van der Waals surface area contributed by atoms with E-state index in [-0.39, 0.29) is 45.7 Å². The molecule has 0 amide bonds. The average Bonchev–Trinajstić information content (AvgIpc) is 3.66. The Labute approximate surface area is 307 Å². The van der Waals surface area contributed by atoms with Crippen molar-refractivity contribution in [3.63, 3.8) is 0 Å². The summed E-state index contributed by atoms with van der Waals surface area (Å²) in [6, 6.07) is 27.6. The second-order valence-electron chi connectivity index (χ2n) is 14.4. The van der Waals surface area contributed by atoms with Crippen LogP contribution < -0.4 is 15.3 Å². The van der Waals surface area contributed by atoms with Crippen LogP contribution in [0.25, 0.3) is 4.98 Å². The van der Waals surface area contributed by atoms with Crippen molar-refractivity contribution < 1.29 is 32.7 Å². The molecule has 2 aliphatic carbocycles. The van der Waals surface area contributed by atoms with Crippen molar-refractivity contribution >= 4 is 24.3 Å². The van der Waals surface area contributed by atoms with Gasteiger partial charge in [0.15, 0.2) is 0 Å². The normalized spacial score (nSPS) is 22.2. The van der Waals surface area contributed by atoms with Gasteiger partial charge in [-0.3, -0.25) is 4.90 Å². The second kappa shape index (κ2) is 16.4. The molecule has 46 heavy (non-hydrogen) atoms. The summed E-state index contributed by atoms with van der Waals surface area (Å²) in [6.07, 6.45) is 13.6. The predicted octanol–water partition coefficient (Wildman–Crippen LogP) is 8.51. The molecule has 5 heteroatoms. The minimum atomic E-state index is -2.48. The van der Waals surface area contributed by atoms with Crippen molar-refractivity contribution in [1.29, 1.82) is 0 Å². The van der Waals surface area contributed by atoms with Crippen LogP contribution in [0.2, 0.25) is 5.54 Å². The van der Waals surface area contributed by atoms with E-state index in [1.165, 1.54) is 59.5 Å². The molecule has 2 fully saturated rings. The second-order valence-corrected chi connectivity index (χ2v) is 18.0. The SMILES string of the molecule is Cc1ccc([Si]([N-]C(C)(C)C)(c2ccc(C)cc2)C2CC(N3CCCC3)C3C=CC=CC32)cc1.[CH2-]c1ccccc1N(C)C.[CH3-].[Y+3]. The van der Waals surface area contributed by atoms with E-state index in [1.54, 1.807) is 0 Å². The van der Waals surface area contributed by atoms with Crippen molar-refractivity contribution in [3.05, 3.63) is 133 Å². The van der Waals surface area contributed by atoms with Gasteiger partial charge >= 0.3 is 32.7 Å². The van der Waals surface area contributed by atoms with Gasteiger partial charge in [-0.25, -0.2) is 0 Å². The van der Waals surface area contributed by atoms with Gasteiger partial charge in [0.25, 0.3) is 0 Å². The van der Waals surface area contributed by atoms with Gasteiger partial charge in [-0.2, -0.15) is 18.6 Å². The van der Waals surface area contributed by atoms with Gasteiger partial charge in [0.05, 0.1) is 0 Å². The van der Waals surface area contributed by atoms with Gasteiger partial charge in [-0.05, 0) is 77.7 Å². The minimum absolute atomic E-state index is 0. The molecule has 1 saturated heterocycles. The number of anilines is 1. The van der Waals surface area contributed by atoms with Crippen LogP contribution in [0.1, 0.15) is 56.7 Å². The topological polar surface area (TPSA) is 20.6 Å². The molecule has 0 spiro atoms. The Kier molecular flexibility index (Phi) is 13.8. The van der Waals surface area contributed by atoms with E-state index in [2.05, 4.69) is 130 Å². The van der Waals surface area contributed by atoms with Crippen LogP contribution in [0.15, 0.2) is 97.1 Å². The summed E-state index contributed by atoms with van der Waals surface area (Å²) in [7, 11) is 1.55. The maximum atomic E-state index is 5.94. The third-order valence-corrected chi connectivity index (χ3v) is 14.9. The Morgan fingerprint density at radius 2 is 1.28 bits per heavy atom. The monoisotopic (exact) mass is 707 g/mol. The van der Waals surface area contributed by atoms with E-state index >= 15 is 0 Å². The number of benzene rings is 3. The summed E-state index contributed by atoms with van der Waals surface area (Å²) < 4.78 is 0. The van der Waals surface area contributed by atoms with Crippen LogP contribution in [0.4, 0.5) is 5.69 Å². The number of fused-ring (bicyclic) bond motifs is 1. The minimum Gasteiger partial charge on any atom is -0.652 e. The average molecular weight is 708 g/mol. The fourth-order valence-corrected chi connectivity index (χ4v) is 13.3. The summed E-state index contributed by atoms with van der Waals surface area (Å²) >= 11 is 0. The fraction of sp³-hybridized carbons (Fsp3) is 0.415. The van der Waals surface area contributed by atoms with Crippen molar-refractivity contribution in [2.45, 2.75) is 71.0 Å². The summed E-state index contributed by atoms with van der Waals surface area (Å²) in [5.41, 5.74) is 5.36. The molecule has 0 N–H and O–H groups in total. The zero-order valence-electron chi connectivity index (χ0n) is 29.7. The van der Waals surface area contributed by atoms with E-state index in [0.29, 0.717) is 23.4 Å². The van der Waals surface area contributed by atoms with Gasteiger partial charge in [0, 0.05) is 14.3 Å². The molecule has 1 saturated carbocycles. The Morgan fingerprint density at radius 1 is 0.783 bits per heavy atom. The first-order valence-corrected chi connectivity index (χ1v) is 18.6. The van der Waals surface area contributed by atoms with Gasteiger partial charge in [0.2, 0.25) is 0 Å². The number of nitrogens with zero attached hydrogens (tertiary/aromatic N) is 3. The van der Waals surface area contributed by atoms with E-state index in [4.69, 9.17) is 4.98 Å². The zero-order valence-corrected chi connectivity index (χ0v) is 33.5. The molecule has 0 bridgehead atoms. The first-order valence-electron chi connectivity index (χ1n) is 16.6. The third-order valence-electron chi connectivity index (χ3n) is 9.74. The van der Waals surface area contributed by atoms with Crippen LogP contribution in [-0.2, 0) is 32.7 Å². The Hall–Kier alpha value is -1.95. The Bertz CT molecular complexity index is 1390. The molecule has 1 heterocycles. The first-order chi connectivity index (χ1) is 21.0. The number of rotatable bonds is 6. The van der Waals surface area contributed by atoms with E-state index in [1.807, 2.05) is 32.3 Å². The summed E-state index contributed by atoms with van der Waals surface area (Å²) in [5.74, 6) is 1.15. The molecule has 4 unspecified atom stereocenters. The van der Waals surface area contributed by atoms with Gasteiger partial charge in [-0.15, -0.1) is 11.6 Å². The molecule has 3 aliphatic rings. The number of hydrogen-bond donors (Lipinski definition) is 0.